The molecule has 3 aliphatic rings. The van der Waals surface area contributed by atoms with Crippen LogP contribution in [0.25, 0.3) is 0 Å². The molecular weight excluding hydrogens is 544 g/mol. The SMILES string of the molecule is CC(C)(C)OC(=O)CCCOc1cccc([C@@H](c2ccccc2)C2CCN(C(=O)N3CC[C@@H]4OCC(=O)C[C@@H]4C3)CC2)c1. The molecule has 5 rings (SSSR count). The molecule has 2 aromatic rings. The summed E-state index contributed by atoms with van der Waals surface area (Å²) >= 11 is 0. The minimum absolute atomic E-state index is 0.0907. The van der Waals surface area contributed by atoms with Crippen LogP contribution in [0.4, 0.5) is 4.79 Å². The van der Waals surface area contributed by atoms with Crippen molar-refractivity contribution in [1.29, 1.82) is 0 Å². The fourth-order valence-electron chi connectivity index (χ4n) is 6.77. The second kappa shape index (κ2) is 13.9. The molecular formula is C35H46N2O6. The number of piperidine rings is 2. The Bertz CT molecular complexity index is 1250. The highest BCUT2D eigenvalue weighted by molar-refractivity contribution is 5.81. The number of rotatable bonds is 8. The van der Waals surface area contributed by atoms with Crippen molar-refractivity contribution in [3.63, 3.8) is 0 Å². The summed E-state index contributed by atoms with van der Waals surface area (Å²) in [6.45, 7) is 9.00. The van der Waals surface area contributed by atoms with Gasteiger partial charge in [0, 0.05) is 50.9 Å². The van der Waals surface area contributed by atoms with Crippen LogP contribution in [0.5, 0.6) is 5.75 Å². The number of likely N-dealkylation sites (tertiary alicyclic amines) is 2. The van der Waals surface area contributed by atoms with E-state index in [1.807, 2.05) is 48.8 Å². The highest BCUT2D eigenvalue weighted by Crippen LogP contribution is 2.39. The van der Waals surface area contributed by atoms with Gasteiger partial charge in [0.15, 0.2) is 5.78 Å². The topological polar surface area (TPSA) is 85.4 Å². The normalized spacial score (nSPS) is 22.1. The molecule has 232 valence electrons. The van der Waals surface area contributed by atoms with E-state index in [0.29, 0.717) is 58.0 Å². The zero-order chi connectivity index (χ0) is 30.4. The Kier molecular flexibility index (Phi) is 10.1. The van der Waals surface area contributed by atoms with E-state index < -0.39 is 5.60 Å². The van der Waals surface area contributed by atoms with Crippen molar-refractivity contribution in [2.75, 3.05) is 39.4 Å². The number of ether oxygens (including phenoxy) is 3. The largest absolute Gasteiger partial charge is 0.494 e. The van der Waals surface area contributed by atoms with E-state index in [2.05, 4.69) is 36.4 Å². The van der Waals surface area contributed by atoms with Crippen LogP contribution in [0.1, 0.15) is 76.3 Å². The fourth-order valence-corrected chi connectivity index (χ4v) is 6.77. The van der Waals surface area contributed by atoms with Gasteiger partial charge < -0.3 is 24.0 Å². The second-order valence-corrected chi connectivity index (χ2v) is 13.2. The van der Waals surface area contributed by atoms with Crippen molar-refractivity contribution >= 4 is 17.8 Å². The summed E-state index contributed by atoms with van der Waals surface area (Å²) in [5, 5.41) is 0. The third kappa shape index (κ3) is 8.37. The first-order valence-corrected chi connectivity index (χ1v) is 15.8. The van der Waals surface area contributed by atoms with Gasteiger partial charge in [-0.2, -0.15) is 0 Å². The van der Waals surface area contributed by atoms with Crippen LogP contribution >= 0.6 is 0 Å². The predicted molar refractivity (Wildman–Crippen MR) is 164 cm³/mol. The van der Waals surface area contributed by atoms with Gasteiger partial charge in [0.05, 0.1) is 12.7 Å². The second-order valence-electron chi connectivity index (χ2n) is 13.2. The highest BCUT2D eigenvalue weighted by Gasteiger charge is 2.39. The van der Waals surface area contributed by atoms with E-state index in [9.17, 15) is 14.4 Å². The maximum Gasteiger partial charge on any atom is 0.320 e. The predicted octanol–water partition coefficient (Wildman–Crippen LogP) is 5.83. The average Bonchev–Trinajstić information content (AvgIpc) is 2.99. The van der Waals surface area contributed by atoms with E-state index >= 15 is 0 Å². The molecule has 2 aromatic carbocycles. The van der Waals surface area contributed by atoms with Crippen LogP contribution in [0.2, 0.25) is 0 Å². The molecule has 8 nitrogen and oxygen atoms in total. The molecule has 0 aliphatic carbocycles. The number of esters is 1. The van der Waals surface area contributed by atoms with E-state index in [1.165, 1.54) is 11.1 Å². The quantitative estimate of drug-likeness (QED) is 0.284. The maximum absolute atomic E-state index is 13.5. The summed E-state index contributed by atoms with van der Waals surface area (Å²) in [4.78, 5) is 41.4. The first kappa shape index (κ1) is 31.0. The molecule has 3 fully saturated rings. The Hall–Kier alpha value is -3.39. The molecule has 3 saturated heterocycles. The van der Waals surface area contributed by atoms with Gasteiger partial charge in [-0.1, -0.05) is 42.5 Å². The van der Waals surface area contributed by atoms with Gasteiger partial charge in [0.2, 0.25) is 0 Å². The van der Waals surface area contributed by atoms with Crippen LogP contribution in [-0.2, 0) is 19.1 Å². The third-order valence-corrected chi connectivity index (χ3v) is 8.75. The average molecular weight is 591 g/mol. The van der Waals surface area contributed by atoms with Gasteiger partial charge in [-0.15, -0.1) is 0 Å². The lowest BCUT2D eigenvalue weighted by molar-refractivity contribution is -0.155. The number of carbonyl (C=O) groups excluding carboxylic acids is 3. The summed E-state index contributed by atoms with van der Waals surface area (Å²) in [5.74, 6) is 1.41. The van der Waals surface area contributed by atoms with Gasteiger partial charge in [0.1, 0.15) is 18.0 Å². The van der Waals surface area contributed by atoms with Crippen molar-refractivity contribution in [1.82, 2.24) is 9.80 Å². The van der Waals surface area contributed by atoms with Crippen LogP contribution in [0, 0.1) is 11.8 Å². The number of fused-ring (bicyclic) bond motifs is 1. The summed E-state index contributed by atoms with van der Waals surface area (Å²) in [7, 11) is 0. The molecule has 0 saturated carbocycles. The lowest BCUT2D eigenvalue weighted by Crippen LogP contribution is -2.54. The Balaban J connectivity index is 1.19. The number of hydrogen-bond acceptors (Lipinski definition) is 6. The number of nitrogens with zero attached hydrogens (tertiary/aromatic N) is 2. The van der Waals surface area contributed by atoms with Crippen LogP contribution < -0.4 is 4.74 Å². The lowest BCUT2D eigenvalue weighted by Gasteiger charge is -2.43. The summed E-state index contributed by atoms with van der Waals surface area (Å²) < 4.78 is 17.2. The molecule has 8 heteroatoms. The monoisotopic (exact) mass is 590 g/mol. The van der Waals surface area contributed by atoms with Gasteiger partial charge in [0.25, 0.3) is 0 Å². The van der Waals surface area contributed by atoms with E-state index in [0.717, 1.165) is 25.0 Å². The summed E-state index contributed by atoms with van der Waals surface area (Å²) in [5.41, 5.74) is 1.98. The van der Waals surface area contributed by atoms with Crippen LogP contribution in [-0.4, -0.2) is 78.7 Å². The highest BCUT2D eigenvalue weighted by atomic mass is 16.6. The third-order valence-electron chi connectivity index (χ3n) is 8.75. The minimum Gasteiger partial charge on any atom is -0.494 e. The molecule has 2 amide bonds. The fraction of sp³-hybridized carbons (Fsp3) is 0.571. The zero-order valence-corrected chi connectivity index (χ0v) is 25.8. The van der Waals surface area contributed by atoms with Crippen molar-refractivity contribution in [3.05, 3.63) is 65.7 Å². The number of urea groups is 1. The molecule has 3 atom stereocenters. The molecule has 43 heavy (non-hydrogen) atoms. The summed E-state index contributed by atoms with van der Waals surface area (Å²) in [6, 6.07) is 19.0. The Morgan fingerprint density at radius 2 is 1.67 bits per heavy atom. The van der Waals surface area contributed by atoms with Crippen molar-refractivity contribution in [2.24, 2.45) is 11.8 Å². The number of ketones is 1. The van der Waals surface area contributed by atoms with Crippen LogP contribution in [0.3, 0.4) is 0 Å². The smallest absolute Gasteiger partial charge is 0.320 e. The van der Waals surface area contributed by atoms with Crippen molar-refractivity contribution in [2.45, 2.75) is 76.9 Å². The number of amides is 2. The standard InChI is InChI=1S/C35H46N2O6/c1-35(2,3)43-32(39)13-8-20-41-30-12-7-11-27(22-30)33(25-9-5-4-6-10-25)26-14-17-36(18-15-26)34(40)37-19-16-31-28(23-37)21-29(38)24-42-31/h4-7,9-12,22,26,28,31,33H,8,13-21,23-24H2,1-3H3/t28-,31+,33+/m1/s1. The molecule has 0 N–H and O–H groups in total. The summed E-state index contributed by atoms with van der Waals surface area (Å²) in [6.07, 6.45) is 4.16. The first-order valence-electron chi connectivity index (χ1n) is 15.8. The molecule has 3 aliphatic heterocycles. The molecule has 0 spiro atoms. The van der Waals surface area contributed by atoms with E-state index in [1.54, 1.807) is 0 Å². The number of hydrogen-bond donors (Lipinski definition) is 0. The van der Waals surface area contributed by atoms with Crippen LogP contribution in [0.15, 0.2) is 54.6 Å². The first-order chi connectivity index (χ1) is 20.7. The Labute approximate surface area is 255 Å². The molecule has 0 radical (unpaired) electrons. The Morgan fingerprint density at radius 3 is 2.42 bits per heavy atom. The minimum atomic E-state index is -0.481. The van der Waals surface area contributed by atoms with Gasteiger partial charge >= 0.3 is 12.0 Å². The number of Topliss-reactive ketones (excluding diaryl/α,β-unsaturated/α-hetero) is 1. The van der Waals surface area contributed by atoms with Crippen molar-refractivity contribution < 1.29 is 28.6 Å². The molecule has 3 heterocycles. The van der Waals surface area contributed by atoms with Gasteiger partial charge in [-0.05, 0) is 75.6 Å². The molecule has 0 bridgehead atoms. The van der Waals surface area contributed by atoms with E-state index in [-0.39, 0.29) is 42.3 Å². The van der Waals surface area contributed by atoms with Gasteiger partial charge in [-0.3, -0.25) is 9.59 Å². The Morgan fingerprint density at radius 1 is 0.953 bits per heavy atom. The molecule has 0 aromatic heterocycles. The van der Waals surface area contributed by atoms with Crippen molar-refractivity contribution in [3.8, 4) is 5.75 Å². The lowest BCUT2D eigenvalue weighted by atomic mass is 9.76. The maximum atomic E-state index is 13.5. The van der Waals surface area contributed by atoms with Gasteiger partial charge in [-0.25, -0.2) is 4.79 Å². The zero-order valence-electron chi connectivity index (χ0n) is 25.8. The molecule has 0 unspecified atom stereocenters. The van der Waals surface area contributed by atoms with E-state index in [4.69, 9.17) is 14.2 Å². The number of benzene rings is 2. The number of carbonyl (C=O) groups is 3.